The van der Waals surface area contributed by atoms with Crippen molar-refractivity contribution in [2.45, 2.75) is 31.7 Å². The van der Waals surface area contributed by atoms with Gasteiger partial charge in [-0.05, 0) is 57.8 Å². The van der Waals surface area contributed by atoms with Gasteiger partial charge in [0.25, 0.3) is 5.91 Å². The highest BCUT2D eigenvalue weighted by Crippen LogP contribution is 2.34. The van der Waals surface area contributed by atoms with Crippen LogP contribution >= 0.6 is 11.6 Å². The Bertz CT molecular complexity index is 1090. The van der Waals surface area contributed by atoms with E-state index in [1.165, 1.54) is 0 Å². The highest BCUT2D eigenvalue weighted by atomic mass is 35.5. The minimum absolute atomic E-state index is 0.0296. The van der Waals surface area contributed by atoms with E-state index < -0.39 is 5.54 Å². The number of carbonyl (C=O) groups excluding carboxylic acids is 2. The average Bonchev–Trinajstić information content (AvgIpc) is 3.03. The molecule has 0 saturated heterocycles. The second-order valence-corrected chi connectivity index (χ2v) is 9.78. The summed E-state index contributed by atoms with van der Waals surface area (Å²) in [7, 11) is 3.95. The zero-order valence-corrected chi connectivity index (χ0v) is 20.8. The van der Waals surface area contributed by atoms with E-state index in [0.717, 1.165) is 5.56 Å². The molecule has 34 heavy (non-hydrogen) atoms. The molecule has 0 aliphatic carbocycles. The normalized spacial score (nSPS) is 16.0. The van der Waals surface area contributed by atoms with E-state index >= 15 is 0 Å². The van der Waals surface area contributed by atoms with E-state index in [1.807, 2.05) is 58.3 Å². The summed E-state index contributed by atoms with van der Waals surface area (Å²) in [5.41, 5.74) is 7.98. The standard InChI is InChI=1S/C26H32ClN5O2/c1-26(2)23(28)21(24(29)30-25(34)18-8-6-5-7-9-18)16-32(26)22(33)14-19(15-31(3)4)17-10-12-20(27)13-11-17/h5-13,19H,14-16,28H2,1-4H3,(H2,29,30,34). The van der Waals surface area contributed by atoms with E-state index in [2.05, 4.69) is 10.2 Å². The number of hydrogen-bond acceptors (Lipinski definition) is 5. The van der Waals surface area contributed by atoms with Crippen molar-refractivity contribution in [2.75, 3.05) is 27.2 Å². The van der Waals surface area contributed by atoms with Gasteiger partial charge in [-0.2, -0.15) is 0 Å². The van der Waals surface area contributed by atoms with Gasteiger partial charge in [0.05, 0.1) is 12.1 Å². The lowest BCUT2D eigenvalue weighted by Crippen LogP contribution is -2.47. The molecule has 180 valence electrons. The zero-order valence-electron chi connectivity index (χ0n) is 20.1. The first kappa shape index (κ1) is 25.5. The number of amides is 2. The van der Waals surface area contributed by atoms with E-state index in [9.17, 15) is 9.59 Å². The summed E-state index contributed by atoms with van der Waals surface area (Å²) >= 11 is 6.05. The molecule has 0 spiro atoms. The van der Waals surface area contributed by atoms with Gasteiger partial charge >= 0.3 is 0 Å². The van der Waals surface area contributed by atoms with Gasteiger partial charge in [0.15, 0.2) is 0 Å². The molecule has 2 aromatic rings. The lowest BCUT2D eigenvalue weighted by molar-refractivity contribution is -0.134. The van der Waals surface area contributed by atoms with Crippen molar-refractivity contribution in [1.82, 2.24) is 15.1 Å². The maximum Gasteiger partial charge on any atom is 0.256 e. The smallest absolute Gasteiger partial charge is 0.256 e. The van der Waals surface area contributed by atoms with Crippen molar-refractivity contribution in [2.24, 2.45) is 5.73 Å². The molecule has 1 atom stereocenters. The highest BCUT2D eigenvalue weighted by molar-refractivity contribution is 6.30. The molecule has 4 N–H and O–H groups in total. The molecule has 7 nitrogen and oxygen atoms in total. The van der Waals surface area contributed by atoms with Gasteiger partial charge in [-0.15, -0.1) is 0 Å². The second kappa shape index (κ2) is 10.4. The first-order valence-corrected chi connectivity index (χ1v) is 11.5. The molecule has 2 amide bonds. The number of nitrogens with one attached hydrogen (secondary N) is 2. The fourth-order valence-electron chi connectivity index (χ4n) is 4.20. The number of hydrogen-bond donors (Lipinski definition) is 3. The molecule has 8 heteroatoms. The number of rotatable bonds is 7. The monoisotopic (exact) mass is 481 g/mol. The number of carbonyl (C=O) groups is 2. The predicted molar refractivity (Wildman–Crippen MR) is 136 cm³/mol. The van der Waals surface area contributed by atoms with Crippen molar-refractivity contribution in [3.8, 4) is 0 Å². The molecule has 3 rings (SSSR count). The quantitative estimate of drug-likeness (QED) is 0.415. The van der Waals surface area contributed by atoms with Crippen LogP contribution in [-0.2, 0) is 4.79 Å². The number of nitrogens with zero attached hydrogens (tertiary/aromatic N) is 2. The summed E-state index contributed by atoms with van der Waals surface area (Å²) in [4.78, 5) is 29.8. The molecule has 1 aliphatic rings. The fraction of sp³-hybridized carbons (Fsp3) is 0.346. The van der Waals surface area contributed by atoms with Gasteiger partial charge in [0, 0.05) is 40.7 Å². The third-order valence-corrected chi connectivity index (χ3v) is 6.45. The maximum atomic E-state index is 13.5. The van der Waals surface area contributed by atoms with E-state index in [0.29, 0.717) is 28.4 Å². The number of halogens is 1. The van der Waals surface area contributed by atoms with Gasteiger partial charge in [0.1, 0.15) is 5.84 Å². The van der Waals surface area contributed by atoms with Crippen LogP contribution in [0.25, 0.3) is 0 Å². The first-order valence-electron chi connectivity index (χ1n) is 11.2. The molecule has 1 heterocycles. The van der Waals surface area contributed by atoms with Gasteiger partial charge in [0.2, 0.25) is 5.91 Å². The molecule has 0 radical (unpaired) electrons. The first-order chi connectivity index (χ1) is 16.0. The van der Waals surface area contributed by atoms with Crippen molar-refractivity contribution in [3.05, 3.63) is 82.0 Å². The van der Waals surface area contributed by atoms with Gasteiger partial charge in [-0.1, -0.05) is 41.9 Å². The Morgan fingerprint density at radius 1 is 1.15 bits per heavy atom. The van der Waals surface area contributed by atoms with Crippen LogP contribution in [0.1, 0.15) is 42.1 Å². The van der Waals surface area contributed by atoms with Crippen LogP contribution in [0.2, 0.25) is 5.02 Å². The summed E-state index contributed by atoms with van der Waals surface area (Å²) < 4.78 is 0. The van der Waals surface area contributed by atoms with Crippen LogP contribution in [0.3, 0.4) is 0 Å². The van der Waals surface area contributed by atoms with Crippen molar-refractivity contribution in [3.63, 3.8) is 0 Å². The van der Waals surface area contributed by atoms with Crippen LogP contribution in [0.15, 0.2) is 65.9 Å². The second-order valence-electron chi connectivity index (χ2n) is 9.34. The van der Waals surface area contributed by atoms with Crippen LogP contribution in [0, 0.1) is 5.41 Å². The van der Waals surface area contributed by atoms with Crippen LogP contribution < -0.4 is 11.1 Å². The molecule has 0 saturated carbocycles. The summed E-state index contributed by atoms with van der Waals surface area (Å²) in [6, 6.07) is 16.3. The Hall–Kier alpha value is -3.16. The summed E-state index contributed by atoms with van der Waals surface area (Å²) in [6.07, 6.45) is 0.285. The molecule has 0 bridgehead atoms. The Morgan fingerprint density at radius 3 is 2.35 bits per heavy atom. The Labute approximate surface area is 206 Å². The number of nitrogens with two attached hydrogens (primary N) is 1. The van der Waals surface area contributed by atoms with Crippen molar-refractivity contribution >= 4 is 29.3 Å². The lowest BCUT2D eigenvalue weighted by atomic mass is 9.93. The minimum atomic E-state index is -0.779. The summed E-state index contributed by atoms with van der Waals surface area (Å²) in [6.45, 7) is 4.59. The van der Waals surface area contributed by atoms with E-state index in [-0.39, 0.29) is 36.5 Å². The van der Waals surface area contributed by atoms with Gasteiger partial charge < -0.3 is 20.9 Å². The largest absolute Gasteiger partial charge is 0.400 e. The Kier molecular flexibility index (Phi) is 7.79. The topological polar surface area (TPSA) is 103 Å². The van der Waals surface area contributed by atoms with Crippen LogP contribution in [-0.4, -0.2) is 60.2 Å². The van der Waals surface area contributed by atoms with E-state index in [4.69, 9.17) is 22.7 Å². The number of benzene rings is 2. The highest BCUT2D eigenvalue weighted by Gasteiger charge is 2.42. The average molecular weight is 482 g/mol. The van der Waals surface area contributed by atoms with E-state index in [1.54, 1.807) is 29.2 Å². The third kappa shape index (κ3) is 5.66. The predicted octanol–water partition coefficient (Wildman–Crippen LogP) is 3.62. The van der Waals surface area contributed by atoms with Crippen LogP contribution in [0.5, 0.6) is 0 Å². The summed E-state index contributed by atoms with van der Waals surface area (Å²) in [5, 5.41) is 11.7. The minimum Gasteiger partial charge on any atom is -0.400 e. The number of amidine groups is 1. The third-order valence-electron chi connectivity index (χ3n) is 6.20. The van der Waals surface area contributed by atoms with Crippen molar-refractivity contribution < 1.29 is 9.59 Å². The van der Waals surface area contributed by atoms with Crippen molar-refractivity contribution in [1.29, 1.82) is 5.41 Å². The fourth-order valence-corrected chi connectivity index (χ4v) is 4.33. The molecular weight excluding hydrogens is 450 g/mol. The zero-order chi connectivity index (χ0) is 25.0. The molecule has 0 aromatic heterocycles. The molecular formula is C26H32ClN5O2. The number of likely N-dealkylation sites (N-methyl/N-ethyl adjacent to an activating group) is 1. The summed E-state index contributed by atoms with van der Waals surface area (Å²) in [5.74, 6) is -0.565. The van der Waals surface area contributed by atoms with Crippen LogP contribution in [0.4, 0.5) is 0 Å². The molecule has 1 unspecified atom stereocenters. The molecule has 0 fully saturated rings. The Balaban J connectivity index is 1.75. The Morgan fingerprint density at radius 2 is 1.76 bits per heavy atom. The lowest BCUT2D eigenvalue weighted by Gasteiger charge is -2.34. The maximum absolute atomic E-state index is 13.5. The van der Waals surface area contributed by atoms with Gasteiger partial charge in [-0.3, -0.25) is 15.0 Å². The molecule has 2 aromatic carbocycles. The molecule has 1 aliphatic heterocycles. The van der Waals surface area contributed by atoms with Gasteiger partial charge in [-0.25, -0.2) is 0 Å². The SMILES string of the molecule is CN(C)CC(CC(=O)N1CC(C(=N)NC(=O)c2ccccc2)=C(N)C1(C)C)c1ccc(Cl)cc1.